The third-order valence-electron chi connectivity index (χ3n) is 6.33. The number of para-hydroxylation sites is 2. The number of hydrogen-bond donors (Lipinski definition) is 0. The zero-order valence-electron chi connectivity index (χ0n) is 15.5. The molecule has 3 aromatic heterocycles. The summed E-state index contributed by atoms with van der Waals surface area (Å²) in [5.74, 6) is 1.10. The van der Waals surface area contributed by atoms with Gasteiger partial charge in [-0.15, -0.1) is 0 Å². The van der Waals surface area contributed by atoms with E-state index < -0.39 is 0 Å². The molecule has 0 bridgehead atoms. The lowest BCUT2D eigenvalue weighted by Gasteiger charge is -2.13. The fourth-order valence-electron chi connectivity index (χ4n) is 5.06. The second-order valence-electron chi connectivity index (χ2n) is 7.74. The SMILES string of the molecule is Cn1c2c(c3cc4oc5ccccc5c4cc31)-c1c(oc3ccccc13)CC2. The summed E-state index contributed by atoms with van der Waals surface area (Å²) < 4.78 is 14.8. The lowest BCUT2D eigenvalue weighted by atomic mass is 9.91. The molecule has 28 heavy (non-hydrogen) atoms. The highest BCUT2D eigenvalue weighted by Gasteiger charge is 2.28. The van der Waals surface area contributed by atoms with E-state index in [0.29, 0.717) is 0 Å². The second-order valence-corrected chi connectivity index (χ2v) is 7.74. The quantitative estimate of drug-likeness (QED) is 0.305. The van der Waals surface area contributed by atoms with Gasteiger partial charge in [0.05, 0.1) is 0 Å². The number of hydrogen-bond acceptors (Lipinski definition) is 2. The topological polar surface area (TPSA) is 31.2 Å². The van der Waals surface area contributed by atoms with E-state index >= 15 is 0 Å². The fraction of sp³-hybridized carbons (Fsp3) is 0.120. The summed E-state index contributed by atoms with van der Waals surface area (Å²) in [4.78, 5) is 0. The number of aryl methyl sites for hydroxylation is 2. The molecule has 0 amide bonds. The Morgan fingerprint density at radius 1 is 0.679 bits per heavy atom. The van der Waals surface area contributed by atoms with Crippen LogP contribution < -0.4 is 0 Å². The van der Waals surface area contributed by atoms with Gasteiger partial charge in [-0.05, 0) is 30.7 Å². The molecule has 0 radical (unpaired) electrons. The molecule has 0 N–H and O–H groups in total. The molecule has 0 saturated carbocycles. The van der Waals surface area contributed by atoms with Gasteiger partial charge in [0, 0.05) is 57.4 Å². The predicted molar refractivity (Wildman–Crippen MR) is 113 cm³/mol. The molecule has 0 atom stereocenters. The molecule has 3 heterocycles. The van der Waals surface area contributed by atoms with Gasteiger partial charge in [-0.2, -0.15) is 0 Å². The van der Waals surface area contributed by atoms with Crippen LogP contribution in [0.1, 0.15) is 11.5 Å². The Morgan fingerprint density at radius 2 is 1.43 bits per heavy atom. The Balaban J connectivity index is 1.67. The average molecular weight is 363 g/mol. The van der Waals surface area contributed by atoms with Gasteiger partial charge in [-0.1, -0.05) is 36.4 Å². The summed E-state index contributed by atoms with van der Waals surface area (Å²) in [5.41, 5.74) is 8.07. The van der Waals surface area contributed by atoms with E-state index in [9.17, 15) is 0 Å². The summed E-state index contributed by atoms with van der Waals surface area (Å²) in [6.07, 6.45) is 1.94. The molecule has 134 valence electrons. The first-order chi connectivity index (χ1) is 13.8. The van der Waals surface area contributed by atoms with Gasteiger partial charge in [0.15, 0.2) is 0 Å². The van der Waals surface area contributed by atoms with E-state index in [1.807, 2.05) is 18.2 Å². The molecular formula is C25H17NO2. The molecule has 0 fully saturated rings. The Bertz CT molecular complexity index is 1570. The molecule has 0 saturated heterocycles. The third-order valence-corrected chi connectivity index (χ3v) is 6.33. The molecule has 7 rings (SSSR count). The van der Waals surface area contributed by atoms with Crippen molar-refractivity contribution in [3.63, 3.8) is 0 Å². The predicted octanol–water partition coefficient (Wildman–Crippen LogP) is 6.59. The number of fused-ring (bicyclic) bond motifs is 10. The molecular weight excluding hydrogens is 346 g/mol. The van der Waals surface area contributed by atoms with Crippen LogP contribution in [-0.4, -0.2) is 4.57 Å². The largest absolute Gasteiger partial charge is 0.460 e. The molecule has 0 unspecified atom stereocenters. The van der Waals surface area contributed by atoms with Crippen molar-refractivity contribution in [2.24, 2.45) is 7.05 Å². The van der Waals surface area contributed by atoms with Crippen molar-refractivity contribution in [3.8, 4) is 11.1 Å². The molecule has 1 aliphatic rings. The molecule has 0 spiro atoms. The van der Waals surface area contributed by atoms with Crippen LogP contribution in [0, 0.1) is 0 Å². The smallest absolute Gasteiger partial charge is 0.136 e. The van der Waals surface area contributed by atoms with Crippen molar-refractivity contribution in [1.29, 1.82) is 0 Å². The normalized spacial score (nSPS) is 13.6. The van der Waals surface area contributed by atoms with Crippen LogP contribution in [0.25, 0.3) is 54.9 Å². The molecule has 1 aliphatic carbocycles. The van der Waals surface area contributed by atoms with E-state index in [2.05, 4.69) is 54.1 Å². The minimum absolute atomic E-state index is 0.941. The van der Waals surface area contributed by atoms with E-state index in [0.717, 1.165) is 35.4 Å². The molecule has 6 aromatic rings. The van der Waals surface area contributed by atoms with Gasteiger partial charge in [0.1, 0.15) is 22.5 Å². The zero-order chi connectivity index (χ0) is 18.4. The van der Waals surface area contributed by atoms with Crippen molar-refractivity contribution in [3.05, 3.63) is 72.1 Å². The van der Waals surface area contributed by atoms with Crippen molar-refractivity contribution in [2.75, 3.05) is 0 Å². The molecule has 3 aromatic carbocycles. The Hall–Kier alpha value is -3.46. The first kappa shape index (κ1) is 14.6. The number of aromatic nitrogens is 1. The van der Waals surface area contributed by atoms with Crippen LogP contribution in [0.3, 0.4) is 0 Å². The zero-order valence-corrected chi connectivity index (χ0v) is 15.5. The summed E-state index contributed by atoms with van der Waals surface area (Å²) in [5, 5.41) is 4.80. The maximum atomic E-state index is 6.21. The lowest BCUT2D eigenvalue weighted by Crippen LogP contribution is -2.05. The lowest BCUT2D eigenvalue weighted by molar-refractivity contribution is 0.542. The van der Waals surface area contributed by atoms with E-state index in [-0.39, 0.29) is 0 Å². The van der Waals surface area contributed by atoms with Gasteiger partial charge in [-0.3, -0.25) is 0 Å². The van der Waals surface area contributed by atoms with Gasteiger partial charge >= 0.3 is 0 Å². The molecule has 0 aliphatic heterocycles. The summed E-state index contributed by atoms with van der Waals surface area (Å²) >= 11 is 0. The highest BCUT2D eigenvalue weighted by Crippen LogP contribution is 2.46. The van der Waals surface area contributed by atoms with Crippen LogP contribution in [0.2, 0.25) is 0 Å². The minimum Gasteiger partial charge on any atom is -0.460 e. The van der Waals surface area contributed by atoms with Crippen LogP contribution in [0.4, 0.5) is 0 Å². The van der Waals surface area contributed by atoms with Gasteiger partial charge < -0.3 is 13.4 Å². The highest BCUT2D eigenvalue weighted by atomic mass is 16.3. The maximum Gasteiger partial charge on any atom is 0.136 e. The fourth-order valence-corrected chi connectivity index (χ4v) is 5.06. The van der Waals surface area contributed by atoms with Crippen LogP contribution in [0.15, 0.2) is 69.5 Å². The number of furan rings is 2. The van der Waals surface area contributed by atoms with Crippen molar-refractivity contribution in [2.45, 2.75) is 12.8 Å². The Kier molecular flexibility index (Phi) is 2.54. The van der Waals surface area contributed by atoms with Crippen LogP contribution in [0.5, 0.6) is 0 Å². The third kappa shape index (κ3) is 1.65. The maximum absolute atomic E-state index is 6.21. The van der Waals surface area contributed by atoms with Crippen LogP contribution >= 0.6 is 0 Å². The van der Waals surface area contributed by atoms with Crippen molar-refractivity contribution < 1.29 is 8.83 Å². The summed E-state index contributed by atoms with van der Waals surface area (Å²) in [7, 11) is 2.18. The van der Waals surface area contributed by atoms with E-state index in [1.165, 1.54) is 43.9 Å². The number of nitrogens with zero attached hydrogens (tertiary/aromatic N) is 1. The van der Waals surface area contributed by atoms with E-state index in [1.54, 1.807) is 0 Å². The van der Waals surface area contributed by atoms with Crippen molar-refractivity contribution >= 4 is 43.8 Å². The van der Waals surface area contributed by atoms with Gasteiger partial charge in [-0.25, -0.2) is 0 Å². The first-order valence-corrected chi connectivity index (χ1v) is 9.73. The number of rotatable bonds is 0. The molecule has 3 nitrogen and oxygen atoms in total. The summed E-state index contributed by atoms with van der Waals surface area (Å²) in [6, 6.07) is 21.2. The van der Waals surface area contributed by atoms with Crippen molar-refractivity contribution in [1.82, 2.24) is 4.57 Å². The second kappa shape index (κ2) is 4.87. The highest BCUT2D eigenvalue weighted by molar-refractivity contribution is 6.14. The average Bonchev–Trinajstić information content (AvgIpc) is 3.36. The van der Waals surface area contributed by atoms with Gasteiger partial charge in [0.25, 0.3) is 0 Å². The minimum atomic E-state index is 0.941. The first-order valence-electron chi connectivity index (χ1n) is 9.73. The molecule has 3 heteroatoms. The number of benzene rings is 3. The Labute approximate surface area is 160 Å². The van der Waals surface area contributed by atoms with Gasteiger partial charge in [0.2, 0.25) is 0 Å². The standard InChI is InChI=1S/C25H17NO2/c1-26-18-10-11-22-25(15-7-3-5-9-21(15)27-22)24(18)17-13-23-16(12-19(17)26)14-6-2-4-8-20(14)28-23/h2-9,12-13H,10-11H2,1H3. The van der Waals surface area contributed by atoms with Crippen LogP contribution in [-0.2, 0) is 19.9 Å². The summed E-state index contributed by atoms with van der Waals surface area (Å²) in [6.45, 7) is 0. The Morgan fingerprint density at radius 3 is 2.29 bits per heavy atom. The van der Waals surface area contributed by atoms with E-state index in [4.69, 9.17) is 8.83 Å². The monoisotopic (exact) mass is 363 g/mol.